The molecule has 0 unspecified atom stereocenters. The Hall–Kier alpha value is -0.770. The predicted molar refractivity (Wildman–Crippen MR) is 30.6 cm³/mol. The average Bonchev–Trinajstić information content (AvgIpc) is 1.65. The van der Waals surface area contributed by atoms with Crippen LogP contribution < -0.4 is 0 Å². The van der Waals surface area contributed by atoms with Crippen LogP contribution in [0.4, 0.5) is 0 Å². The minimum Gasteiger partial charge on any atom is -0.269 e. The maximum atomic E-state index is 8.62. The van der Waals surface area contributed by atoms with E-state index >= 15 is 0 Å². The second-order valence-electron chi connectivity index (χ2n) is 1.68. The zero-order chi connectivity index (χ0) is 5.86. The van der Waals surface area contributed by atoms with Gasteiger partial charge in [-0.05, 0) is 13.8 Å². The molecule has 0 saturated heterocycles. The van der Waals surface area contributed by atoms with Crippen molar-refractivity contribution in [2.24, 2.45) is 5.92 Å². The summed E-state index contributed by atoms with van der Waals surface area (Å²) in [6, 6.07) is 0. The van der Waals surface area contributed by atoms with Gasteiger partial charge in [0.25, 0.3) is 0 Å². The molecule has 0 bridgehead atoms. The molecule has 38 valence electrons. The summed E-state index contributed by atoms with van der Waals surface area (Å²) >= 11 is 0. The van der Waals surface area contributed by atoms with Crippen molar-refractivity contribution in [2.45, 2.75) is 13.8 Å². The average molecular weight is 97.1 g/mol. The Labute approximate surface area is 43.7 Å². The number of hydrogen-bond donors (Lipinski definition) is 0. The van der Waals surface area contributed by atoms with Gasteiger partial charge in [-0.25, -0.2) is 0 Å². The van der Waals surface area contributed by atoms with Crippen molar-refractivity contribution < 1.29 is 4.79 Å². The fourth-order valence-corrected chi connectivity index (χ4v) is 0.167. The summed E-state index contributed by atoms with van der Waals surface area (Å²) in [6.45, 7) is 3.68. The fourth-order valence-electron chi connectivity index (χ4n) is 0.167. The van der Waals surface area contributed by atoms with Crippen LogP contribution in [0.3, 0.4) is 0 Å². The number of terminal acetylenes is 1. The third kappa shape index (κ3) is 1.99. The molecule has 0 aliphatic carbocycles. The summed E-state index contributed by atoms with van der Waals surface area (Å²) in [5.41, 5.74) is 0. The number of hydrogen-bond acceptors (Lipinski definition) is 0. The van der Waals surface area contributed by atoms with Crippen molar-refractivity contribution in [3.8, 4) is 12.3 Å². The van der Waals surface area contributed by atoms with Gasteiger partial charge in [0.05, 0.1) is 5.92 Å². The maximum Gasteiger partial charge on any atom is 0.369 e. The molecule has 0 aromatic carbocycles. The highest BCUT2D eigenvalue weighted by molar-refractivity contribution is 5.97. The minimum absolute atomic E-state index is 0.102. The molecule has 0 aromatic rings. The zero-order valence-corrected chi connectivity index (χ0v) is 4.60. The molecule has 1 N–H and O–H groups in total. The summed E-state index contributed by atoms with van der Waals surface area (Å²) in [5, 5.41) is 0. The Bertz CT molecular complexity index is 106. The van der Waals surface area contributed by atoms with Crippen molar-refractivity contribution in [2.75, 3.05) is 0 Å². The molecule has 0 aliphatic rings. The summed E-state index contributed by atoms with van der Waals surface area (Å²) in [7, 11) is 0. The van der Waals surface area contributed by atoms with Crippen LogP contribution in [0, 0.1) is 18.3 Å². The van der Waals surface area contributed by atoms with Crippen molar-refractivity contribution in [3.63, 3.8) is 0 Å². The maximum absolute atomic E-state index is 8.62. The van der Waals surface area contributed by atoms with E-state index in [1.165, 1.54) is 0 Å². The Morgan fingerprint density at radius 3 is 2.14 bits per heavy atom. The highest BCUT2D eigenvalue weighted by atomic mass is 16.1. The van der Waals surface area contributed by atoms with Crippen LogP contribution in [-0.4, -0.2) is 10.6 Å². The summed E-state index contributed by atoms with van der Waals surface area (Å²) in [5.74, 6) is 2.36. The van der Waals surface area contributed by atoms with Gasteiger partial charge in [-0.2, -0.15) is 0 Å². The molecule has 0 atom stereocenters. The second-order valence-corrected chi connectivity index (χ2v) is 1.68. The second kappa shape index (κ2) is 2.41. The molecule has 0 amide bonds. The Kier molecular flexibility index (Phi) is 2.15. The van der Waals surface area contributed by atoms with Crippen LogP contribution in [0.2, 0.25) is 0 Å². The van der Waals surface area contributed by atoms with Gasteiger partial charge < -0.3 is 0 Å². The molecule has 0 radical (unpaired) electrons. The number of ketones is 1. The molecule has 0 spiro atoms. The SMILES string of the molecule is C#CC(=[OH+])C(C)C. The Morgan fingerprint density at radius 2 is 2.14 bits per heavy atom. The third-order valence-corrected chi connectivity index (χ3v) is 0.695. The minimum atomic E-state index is 0.102. The number of carbonyl (C=O) groups excluding carboxylic acids is 1. The fraction of sp³-hybridized carbons (Fsp3) is 0.500. The van der Waals surface area contributed by atoms with Crippen LogP contribution in [0.1, 0.15) is 13.8 Å². The molecule has 1 nitrogen and oxygen atoms in total. The normalized spacial score (nSPS) is 8.29. The lowest BCUT2D eigenvalue weighted by Crippen LogP contribution is -2.02. The molecule has 0 aromatic heterocycles. The molecule has 1 heteroatoms. The molecule has 0 rings (SSSR count). The lowest BCUT2D eigenvalue weighted by Gasteiger charge is -1.83. The van der Waals surface area contributed by atoms with Crippen molar-refractivity contribution in [1.82, 2.24) is 0 Å². The monoisotopic (exact) mass is 97.1 g/mol. The van der Waals surface area contributed by atoms with Crippen molar-refractivity contribution in [1.29, 1.82) is 0 Å². The molecule has 0 saturated carbocycles. The molecule has 0 aliphatic heterocycles. The van der Waals surface area contributed by atoms with Crippen molar-refractivity contribution in [3.05, 3.63) is 0 Å². The predicted octanol–water partition coefficient (Wildman–Crippen LogP) is 0.821. The van der Waals surface area contributed by atoms with Crippen LogP contribution >= 0.6 is 0 Å². The van der Waals surface area contributed by atoms with Crippen LogP contribution in [0.25, 0.3) is 0 Å². The van der Waals surface area contributed by atoms with E-state index < -0.39 is 0 Å². The first-order chi connectivity index (χ1) is 3.18. The first-order valence-corrected chi connectivity index (χ1v) is 2.21. The molecular weight excluding hydrogens is 88.1 g/mol. The smallest absolute Gasteiger partial charge is 0.269 e. The van der Waals surface area contributed by atoms with E-state index in [0.29, 0.717) is 0 Å². The van der Waals surface area contributed by atoms with Gasteiger partial charge >= 0.3 is 5.78 Å². The topological polar surface area (TPSA) is 21.4 Å². The highest BCUT2D eigenvalue weighted by Crippen LogP contribution is 1.89. The van der Waals surface area contributed by atoms with Gasteiger partial charge in [-0.15, -0.1) is 6.42 Å². The molecule has 7 heavy (non-hydrogen) atoms. The Balaban J connectivity index is 3.64. The highest BCUT2D eigenvalue weighted by Gasteiger charge is 2.07. The largest absolute Gasteiger partial charge is 0.369 e. The lowest BCUT2D eigenvalue weighted by atomic mass is 10.1. The summed E-state index contributed by atoms with van der Waals surface area (Å²) in [6.07, 6.45) is 4.84. The van der Waals surface area contributed by atoms with E-state index in [0.717, 1.165) is 0 Å². The molecule has 0 fully saturated rings. The van der Waals surface area contributed by atoms with E-state index in [2.05, 4.69) is 5.92 Å². The number of rotatable bonds is 1. The van der Waals surface area contributed by atoms with Gasteiger partial charge in [0.15, 0.2) is 0 Å². The van der Waals surface area contributed by atoms with E-state index in [4.69, 9.17) is 11.2 Å². The van der Waals surface area contributed by atoms with Gasteiger partial charge in [0, 0.05) is 5.92 Å². The van der Waals surface area contributed by atoms with Crippen LogP contribution in [0.15, 0.2) is 0 Å². The van der Waals surface area contributed by atoms with Crippen molar-refractivity contribution >= 4 is 5.78 Å². The van der Waals surface area contributed by atoms with Crippen LogP contribution in [-0.2, 0) is 0 Å². The van der Waals surface area contributed by atoms with E-state index in [1.807, 2.05) is 13.8 Å². The van der Waals surface area contributed by atoms with Gasteiger partial charge in [0.2, 0.25) is 0 Å². The zero-order valence-electron chi connectivity index (χ0n) is 4.60. The third-order valence-electron chi connectivity index (χ3n) is 0.695. The van der Waals surface area contributed by atoms with Crippen LogP contribution in [0.5, 0.6) is 0 Å². The van der Waals surface area contributed by atoms with E-state index in [-0.39, 0.29) is 11.7 Å². The lowest BCUT2D eigenvalue weighted by molar-refractivity contribution is 0.637. The first-order valence-electron chi connectivity index (χ1n) is 2.21. The van der Waals surface area contributed by atoms with Gasteiger partial charge in [-0.1, -0.05) is 0 Å². The summed E-state index contributed by atoms with van der Waals surface area (Å²) in [4.78, 5) is 8.62. The molecule has 0 heterocycles. The quantitative estimate of drug-likeness (QED) is 0.262. The standard InChI is InChI=1S/C6H8O/c1-4-6(7)5(2)3/h1,5H,2-3H3/p+1. The molecular formula is C6H9O+. The van der Waals surface area contributed by atoms with Gasteiger partial charge in [0.1, 0.15) is 0 Å². The Morgan fingerprint density at radius 1 is 1.71 bits per heavy atom. The van der Waals surface area contributed by atoms with Gasteiger partial charge in [-0.3, -0.25) is 4.79 Å². The van der Waals surface area contributed by atoms with E-state index in [9.17, 15) is 0 Å². The summed E-state index contributed by atoms with van der Waals surface area (Å²) < 4.78 is 0. The van der Waals surface area contributed by atoms with E-state index in [1.54, 1.807) is 0 Å². The first kappa shape index (κ1) is 6.23.